The summed E-state index contributed by atoms with van der Waals surface area (Å²) in [6.07, 6.45) is 1.48. The zero-order valence-corrected chi connectivity index (χ0v) is 13.3. The third kappa shape index (κ3) is 3.54. The van der Waals surface area contributed by atoms with Crippen LogP contribution in [0.25, 0.3) is 6.08 Å². The number of allylic oxidation sites excluding steroid dienone is 1. The van der Waals surface area contributed by atoms with Crippen LogP contribution in [0.4, 0.5) is 0 Å². The molecule has 1 N–H and O–H groups in total. The van der Waals surface area contributed by atoms with Crippen molar-refractivity contribution >= 4 is 27.8 Å². The smallest absolute Gasteiger partial charge is 0.203 e. The summed E-state index contributed by atoms with van der Waals surface area (Å²) < 4.78 is 5.53. The molecule has 0 unspecified atom stereocenters. The molecule has 5 heteroatoms. The largest absolute Gasteiger partial charge is 0.507 e. The number of ether oxygens (including phenoxy) is 1. The fourth-order valence-electron chi connectivity index (χ4n) is 1.83. The van der Waals surface area contributed by atoms with Gasteiger partial charge in [-0.2, -0.15) is 5.26 Å². The number of hydrogen-bond donors (Lipinski definition) is 1. The van der Waals surface area contributed by atoms with Gasteiger partial charge in [0.05, 0.1) is 11.6 Å². The number of rotatable bonds is 4. The van der Waals surface area contributed by atoms with E-state index in [4.69, 9.17) is 4.74 Å². The van der Waals surface area contributed by atoms with E-state index >= 15 is 0 Å². The van der Waals surface area contributed by atoms with Crippen LogP contribution < -0.4 is 4.74 Å². The summed E-state index contributed by atoms with van der Waals surface area (Å²) in [7, 11) is 1.54. The minimum atomic E-state index is -0.366. The highest BCUT2D eigenvalue weighted by molar-refractivity contribution is 9.10. The Morgan fingerprint density at radius 3 is 2.50 bits per heavy atom. The monoisotopic (exact) mass is 357 g/mol. The lowest BCUT2D eigenvalue weighted by molar-refractivity contribution is 0.104. The zero-order valence-electron chi connectivity index (χ0n) is 11.7. The topological polar surface area (TPSA) is 70.3 Å². The number of Topliss-reactive ketones (excluding diaryl/α,β-unsaturated/α-hetero) is 1. The summed E-state index contributed by atoms with van der Waals surface area (Å²) in [5, 5.41) is 18.7. The quantitative estimate of drug-likeness (QED) is 0.510. The highest BCUT2D eigenvalue weighted by Gasteiger charge is 2.12. The Hall–Kier alpha value is -2.58. The molecule has 0 aliphatic heterocycles. The fourth-order valence-corrected chi connectivity index (χ4v) is 2.22. The predicted octanol–water partition coefficient (Wildman–Crippen LogP) is 3.95. The van der Waals surface area contributed by atoms with E-state index in [0.717, 1.165) is 0 Å². The third-order valence-corrected chi connectivity index (χ3v) is 3.64. The second-order valence-corrected chi connectivity index (χ2v) is 5.29. The molecule has 4 nitrogen and oxygen atoms in total. The summed E-state index contributed by atoms with van der Waals surface area (Å²) in [5.74, 6) is 0.369. The summed E-state index contributed by atoms with van der Waals surface area (Å²) >= 11 is 3.19. The first kappa shape index (κ1) is 15.8. The van der Waals surface area contributed by atoms with Gasteiger partial charge in [0.25, 0.3) is 0 Å². The lowest BCUT2D eigenvalue weighted by Gasteiger charge is -2.03. The lowest BCUT2D eigenvalue weighted by Crippen LogP contribution is -2.01. The summed E-state index contributed by atoms with van der Waals surface area (Å²) in [5.41, 5.74) is 1.07. The van der Waals surface area contributed by atoms with Crippen molar-refractivity contribution in [2.24, 2.45) is 0 Å². The number of phenols is 1. The van der Waals surface area contributed by atoms with Gasteiger partial charge in [-0.25, -0.2) is 0 Å². The summed E-state index contributed by atoms with van der Waals surface area (Å²) in [4.78, 5) is 12.3. The number of nitrogens with zero attached hydrogens (tertiary/aromatic N) is 1. The molecular formula is C17H12BrNO3. The average molecular weight is 358 g/mol. The second kappa shape index (κ2) is 6.92. The van der Waals surface area contributed by atoms with Crippen molar-refractivity contribution in [1.29, 1.82) is 5.26 Å². The van der Waals surface area contributed by atoms with Gasteiger partial charge < -0.3 is 9.84 Å². The molecule has 110 valence electrons. The summed E-state index contributed by atoms with van der Waals surface area (Å²) in [6, 6.07) is 13.2. The van der Waals surface area contributed by atoms with Gasteiger partial charge in [-0.05, 0) is 64.0 Å². The highest BCUT2D eigenvalue weighted by Crippen LogP contribution is 2.25. The van der Waals surface area contributed by atoms with Crippen molar-refractivity contribution in [3.63, 3.8) is 0 Å². The first-order valence-electron chi connectivity index (χ1n) is 6.34. The van der Waals surface area contributed by atoms with Gasteiger partial charge in [0.1, 0.15) is 23.1 Å². The van der Waals surface area contributed by atoms with Crippen LogP contribution in [-0.4, -0.2) is 18.0 Å². The molecule has 0 aliphatic carbocycles. The fraction of sp³-hybridized carbons (Fsp3) is 0.0588. The molecule has 0 heterocycles. The normalized spacial score (nSPS) is 10.9. The predicted molar refractivity (Wildman–Crippen MR) is 86.7 cm³/mol. The Labute approximate surface area is 136 Å². The Morgan fingerprint density at radius 2 is 1.95 bits per heavy atom. The molecular weight excluding hydrogens is 346 g/mol. The van der Waals surface area contributed by atoms with Crippen molar-refractivity contribution < 1.29 is 14.6 Å². The van der Waals surface area contributed by atoms with Gasteiger partial charge in [0, 0.05) is 5.56 Å². The second-order valence-electron chi connectivity index (χ2n) is 4.44. The number of phenolic OH excluding ortho intramolecular Hbond substituents is 1. The molecule has 0 fully saturated rings. The Kier molecular flexibility index (Phi) is 4.97. The molecule has 2 aromatic rings. The maximum Gasteiger partial charge on any atom is 0.203 e. The molecule has 22 heavy (non-hydrogen) atoms. The molecule has 0 aliphatic rings. The van der Waals surface area contributed by atoms with Crippen LogP contribution >= 0.6 is 15.9 Å². The molecule has 0 aromatic heterocycles. The highest BCUT2D eigenvalue weighted by atomic mass is 79.9. The van der Waals surface area contributed by atoms with Gasteiger partial charge in [0.2, 0.25) is 5.78 Å². The van der Waals surface area contributed by atoms with Gasteiger partial charge in [-0.1, -0.05) is 6.07 Å². The van der Waals surface area contributed by atoms with E-state index in [1.165, 1.54) is 12.1 Å². The SMILES string of the molecule is COc1ccc(C(=O)C(C#N)=Cc2ccc(O)c(Br)c2)cc1. The zero-order chi connectivity index (χ0) is 16.1. The van der Waals surface area contributed by atoms with E-state index in [2.05, 4.69) is 15.9 Å². The minimum absolute atomic E-state index is 0.0164. The van der Waals surface area contributed by atoms with E-state index in [1.54, 1.807) is 43.5 Å². The average Bonchev–Trinajstić information content (AvgIpc) is 2.55. The van der Waals surface area contributed by atoms with Crippen molar-refractivity contribution in [2.75, 3.05) is 7.11 Å². The molecule has 0 spiro atoms. The van der Waals surface area contributed by atoms with Crippen LogP contribution in [-0.2, 0) is 0 Å². The minimum Gasteiger partial charge on any atom is -0.507 e. The van der Waals surface area contributed by atoms with Crippen LogP contribution in [0.3, 0.4) is 0 Å². The number of carbonyl (C=O) groups excluding carboxylic acids is 1. The Balaban J connectivity index is 2.33. The number of hydrogen-bond acceptors (Lipinski definition) is 4. The molecule has 0 radical (unpaired) electrons. The van der Waals surface area contributed by atoms with Crippen LogP contribution in [0, 0.1) is 11.3 Å². The van der Waals surface area contributed by atoms with E-state index in [0.29, 0.717) is 21.3 Å². The van der Waals surface area contributed by atoms with Gasteiger partial charge in [0.15, 0.2) is 0 Å². The molecule has 0 bridgehead atoms. The number of ketones is 1. The number of halogens is 1. The molecule has 0 saturated carbocycles. The van der Waals surface area contributed by atoms with E-state index in [1.807, 2.05) is 6.07 Å². The first-order chi connectivity index (χ1) is 10.5. The van der Waals surface area contributed by atoms with E-state index in [-0.39, 0.29) is 17.1 Å². The molecule has 0 saturated heterocycles. The van der Waals surface area contributed by atoms with Crippen LogP contribution in [0.5, 0.6) is 11.5 Å². The number of benzene rings is 2. The van der Waals surface area contributed by atoms with Crippen molar-refractivity contribution in [1.82, 2.24) is 0 Å². The number of aromatic hydroxyl groups is 1. The van der Waals surface area contributed by atoms with Crippen molar-refractivity contribution in [3.05, 3.63) is 63.6 Å². The number of methoxy groups -OCH3 is 1. The third-order valence-electron chi connectivity index (χ3n) is 3.00. The maximum atomic E-state index is 12.3. The van der Waals surface area contributed by atoms with Crippen LogP contribution in [0.15, 0.2) is 52.5 Å². The van der Waals surface area contributed by atoms with E-state index < -0.39 is 0 Å². The van der Waals surface area contributed by atoms with Crippen LogP contribution in [0.1, 0.15) is 15.9 Å². The maximum absolute atomic E-state index is 12.3. The lowest BCUT2D eigenvalue weighted by atomic mass is 10.0. The number of carbonyl (C=O) groups is 1. The Bertz CT molecular complexity index is 773. The van der Waals surface area contributed by atoms with Crippen molar-refractivity contribution in [3.8, 4) is 17.6 Å². The van der Waals surface area contributed by atoms with Gasteiger partial charge >= 0.3 is 0 Å². The van der Waals surface area contributed by atoms with E-state index in [9.17, 15) is 15.2 Å². The molecule has 2 rings (SSSR count). The number of nitriles is 1. The van der Waals surface area contributed by atoms with Crippen LogP contribution in [0.2, 0.25) is 0 Å². The molecule has 0 amide bonds. The first-order valence-corrected chi connectivity index (χ1v) is 7.13. The standard InChI is InChI=1S/C17H12BrNO3/c1-22-14-5-3-12(4-6-14)17(21)13(10-19)8-11-2-7-16(20)15(18)9-11/h2-9,20H,1H3. The van der Waals surface area contributed by atoms with Gasteiger partial charge in [-0.15, -0.1) is 0 Å². The van der Waals surface area contributed by atoms with Crippen molar-refractivity contribution in [2.45, 2.75) is 0 Å². The summed E-state index contributed by atoms with van der Waals surface area (Å²) in [6.45, 7) is 0. The molecule has 0 atom stereocenters. The Morgan fingerprint density at radius 1 is 1.27 bits per heavy atom. The van der Waals surface area contributed by atoms with Gasteiger partial charge in [-0.3, -0.25) is 4.79 Å². The molecule has 2 aromatic carbocycles.